The lowest BCUT2D eigenvalue weighted by molar-refractivity contribution is 0.414. The largest absolute Gasteiger partial charge is 0.497 e. The molecule has 1 heterocycles. The molecule has 0 bridgehead atoms. The maximum absolute atomic E-state index is 5.12. The fourth-order valence-electron chi connectivity index (χ4n) is 1.32. The fraction of sp³-hybridized carbons (Fsp3) is 0.154. The molecule has 1 aromatic heterocycles. The highest BCUT2D eigenvalue weighted by Crippen LogP contribution is 2.22. The minimum atomic E-state index is 0.901. The van der Waals surface area contributed by atoms with E-state index in [2.05, 4.69) is 17.1 Å². The average Bonchev–Trinajstić information content (AvgIpc) is 2.38. The number of nitrogens with zero attached hydrogens (tertiary/aromatic N) is 1. The summed E-state index contributed by atoms with van der Waals surface area (Å²) in [7, 11) is 1.68. The molecule has 0 saturated heterocycles. The summed E-state index contributed by atoms with van der Waals surface area (Å²) in [5.74, 6) is 1.87. The van der Waals surface area contributed by atoms with Crippen LogP contribution in [0.2, 0.25) is 0 Å². The first-order valence-electron chi connectivity index (χ1n) is 5.04. The molecule has 2 rings (SSSR count). The van der Waals surface area contributed by atoms with E-state index in [-0.39, 0.29) is 0 Å². The van der Waals surface area contributed by atoms with Gasteiger partial charge in [0, 0.05) is 23.0 Å². The van der Waals surface area contributed by atoms with Crippen molar-refractivity contribution in [3.63, 3.8) is 0 Å². The summed E-state index contributed by atoms with van der Waals surface area (Å²) >= 11 is 1.81. The van der Waals surface area contributed by atoms with E-state index < -0.39 is 0 Å². The van der Waals surface area contributed by atoms with E-state index >= 15 is 0 Å². The van der Waals surface area contributed by atoms with Crippen LogP contribution in [0.3, 0.4) is 0 Å². The highest BCUT2D eigenvalue weighted by atomic mass is 32.2. The van der Waals surface area contributed by atoms with E-state index in [4.69, 9.17) is 4.74 Å². The standard InChI is InChI=1S/C13H13NOS/c1-15-12-4-2-11(3-5-12)10-16-13-6-8-14-9-7-13/h2-9H,10H2,1H3. The molecular formula is C13H13NOS. The van der Waals surface area contributed by atoms with Gasteiger partial charge in [0.2, 0.25) is 0 Å². The van der Waals surface area contributed by atoms with Gasteiger partial charge in [0.05, 0.1) is 7.11 Å². The summed E-state index contributed by atoms with van der Waals surface area (Å²) in [6, 6.07) is 12.2. The number of benzene rings is 1. The maximum Gasteiger partial charge on any atom is 0.118 e. The second-order valence-electron chi connectivity index (χ2n) is 3.32. The minimum Gasteiger partial charge on any atom is -0.497 e. The van der Waals surface area contributed by atoms with Crippen LogP contribution >= 0.6 is 11.8 Å². The zero-order valence-electron chi connectivity index (χ0n) is 9.09. The second kappa shape index (κ2) is 5.56. The molecule has 0 spiro atoms. The first kappa shape index (κ1) is 11.0. The number of methoxy groups -OCH3 is 1. The van der Waals surface area contributed by atoms with Crippen molar-refractivity contribution in [2.24, 2.45) is 0 Å². The molecule has 82 valence electrons. The van der Waals surface area contributed by atoms with Crippen molar-refractivity contribution < 1.29 is 4.74 Å². The van der Waals surface area contributed by atoms with E-state index in [1.165, 1.54) is 10.5 Å². The molecule has 0 aliphatic carbocycles. The maximum atomic E-state index is 5.12. The van der Waals surface area contributed by atoms with E-state index in [9.17, 15) is 0 Å². The van der Waals surface area contributed by atoms with E-state index in [0.29, 0.717) is 0 Å². The SMILES string of the molecule is COc1ccc(CSc2ccncc2)cc1. The molecule has 1 aromatic carbocycles. The summed E-state index contributed by atoms with van der Waals surface area (Å²) in [6.07, 6.45) is 3.63. The van der Waals surface area contributed by atoms with Gasteiger partial charge >= 0.3 is 0 Å². The minimum absolute atomic E-state index is 0.901. The van der Waals surface area contributed by atoms with Gasteiger partial charge in [-0.2, -0.15) is 0 Å². The number of rotatable bonds is 4. The van der Waals surface area contributed by atoms with Gasteiger partial charge in [-0.25, -0.2) is 0 Å². The quantitative estimate of drug-likeness (QED) is 0.753. The molecule has 0 aliphatic rings. The molecule has 0 amide bonds. The first-order chi connectivity index (χ1) is 7.88. The Morgan fingerprint density at radius 3 is 2.38 bits per heavy atom. The number of ether oxygens (including phenoxy) is 1. The third-order valence-electron chi connectivity index (χ3n) is 2.21. The van der Waals surface area contributed by atoms with Crippen molar-refractivity contribution in [1.82, 2.24) is 4.98 Å². The van der Waals surface area contributed by atoms with Gasteiger partial charge < -0.3 is 4.74 Å². The van der Waals surface area contributed by atoms with E-state index in [1.807, 2.05) is 36.7 Å². The van der Waals surface area contributed by atoms with Crippen LogP contribution < -0.4 is 4.74 Å². The Hall–Kier alpha value is -1.48. The van der Waals surface area contributed by atoms with Crippen molar-refractivity contribution in [1.29, 1.82) is 0 Å². The normalized spacial score (nSPS) is 10.1. The lowest BCUT2D eigenvalue weighted by Gasteiger charge is -2.03. The molecular weight excluding hydrogens is 218 g/mol. The summed E-state index contributed by atoms with van der Waals surface area (Å²) in [6.45, 7) is 0. The summed E-state index contributed by atoms with van der Waals surface area (Å²) in [4.78, 5) is 5.23. The third-order valence-corrected chi connectivity index (χ3v) is 3.30. The Morgan fingerprint density at radius 1 is 1.06 bits per heavy atom. The van der Waals surface area contributed by atoms with E-state index in [1.54, 1.807) is 18.9 Å². The van der Waals surface area contributed by atoms with E-state index in [0.717, 1.165) is 11.5 Å². The zero-order chi connectivity index (χ0) is 11.2. The van der Waals surface area contributed by atoms with Gasteiger partial charge in [-0.3, -0.25) is 4.98 Å². The fourth-order valence-corrected chi connectivity index (χ4v) is 2.16. The van der Waals surface area contributed by atoms with Crippen molar-refractivity contribution in [3.8, 4) is 5.75 Å². The number of hydrogen-bond acceptors (Lipinski definition) is 3. The lowest BCUT2D eigenvalue weighted by atomic mass is 10.2. The monoisotopic (exact) mass is 231 g/mol. The molecule has 0 atom stereocenters. The van der Waals surface area contributed by atoms with Gasteiger partial charge in [0.1, 0.15) is 5.75 Å². The average molecular weight is 231 g/mol. The summed E-state index contributed by atoms with van der Waals surface area (Å²) < 4.78 is 5.12. The Bertz CT molecular complexity index is 427. The predicted octanol–water partition coefficient (Wildman–Crippen LogP) is 3.38. The van der Waals surface area contributed by atoms with Crippen LogP contribution in [0.5, 0.6) is 5.75 Å². The molecule has 0 saturated carbocycles. The van der Waals surface area contributed by atoms with Crippen molar-refractivity contribution >= 4 is 11.8 Å². The topological polar surface area (TPSA) is 22.1 Å². The molecule has 3 heteroatoms. The number of pyridine rings is 1. The zero-order valence-corrected chi connectivity index (χ0v) is 9.91. The predicted molar refractivity (Wildman–Crippen MR) is 66.8 cm³/mol. The Kier molecular flexibility index (Phi) is 3.83. The van der Waals surface area contributed by atoms with Crippen molar-refractivity contribution in [2.45, 2.75) is 10.6 Å². The first-order valence-corrected chi connectivity index (χ1v) is 6.03. The molecule has 16 heavy (non-hydrogen) atoms. The van der Waals surface area contributed by atoms with Crippen LogP contribution in [0.25, 0.3) is 0 Å². The molecule has 0 fully saturated rings. The highest BCUT2D eigenvalue weighted by Gasteiger charge is 1.96. The summed E-state index contributed by atoms with van der Waals surface area (Å²) in [5.41, 5.74) is 1.29. The Balaban J connectivity index is 1.94. The van der Waals surface area contributed by atoms with Crippen molar-refractivity contribution in [2.75, 3.05) is 7.11 Å². The molecule has 0 radical (unpaired) electrons. The van der Waals surface area contributed by atoms with Gasteiger partial charge in [-0.05, 0) is 29.8 Å². The van der Waals surface area contributed by atoms with Gasteiger partial charge in [0.25, 0.3) is 0 Å². The summed E-state index contributed by atoms with van der Waals surface area (Å²) in [5, 5.41) is 0. The second-order valence-corrected chi connectivity index (χ2v) is 4.37. The van der Waals surface area contributed by atoms with Gasteiger partial charge in [-0.1, -0.05) is 12.1 Å². The molecule has 2 nitrogen and oxygen atoms in total. The van der Waals surface area contributed by atoms with Gasteiger partial charge in [-0.15, -0.1) is 11.8 Å². The van der Waals surface area contributed by atoms with Crippen LogP contribution in [0.1, 0.15) is 5.56 Å². The number of hydrogen-bond donors (Lipinski definition) is 0. The number of aromatic nitrogens is 1. The highest BCUT2D eigenvalue weighted by molar-refractivity contribution is 7.98. The van der Waals surface area contributed by atoms with Crippen LogP contribution in [0, 0.1) is 0 Å². The van der Waals surface area contributed by atoms with Gasteiger partial charge in [0.15, 0.2) is 0 Å². The van der Waals surface area contributed by atoms with Crippen molar-refractivity contribution in [3.05, 3.63) is 54.4 Å². The molecule has 2 aromatic rings. The number of thioether (sulfide) groups is 1. The third kappa shape index (κ3) is 3.00. The molecule has 0 unspecified atom stereocenters. The Morgan fingerprint density at radius 2 is 1.75 bits per heavy atom. The molecule has 0 N–H and O–H groups in total. The van der Waals surface area contributed by atoms with Crippen LogP contribution in [-0.4, -0.2) is 12.1 Å². The smallest absolute Gasteiger partial charge is 0.118 e. The van der Waals surface area contributed by atoms with Crippen LogP contribution in [-0.2, 0) is 5.75 Å². The van der Waals surface area contributed by atoms with Crippen LogP contribution in [0.15, 0.2) is 53.7 Å². The lowest BCUT2D eigenvalue weighted by Crippen LogP contribution is -1.84. The molecule has 0 aliphatic heterocycles. The Labute approximate surface area is 99.7 Å². The van der Waals surface area contributed by atoms with Crippen LogP contribution in [0.4, 0.5) is 0 Å².